The van der Waals surface area contributed by atoms with Crippen LogP contribution < -0.4 is 5.73 Å². The molecule has 0 radical (unpaired) electrons. The first kappa shape index (κ1) is 11.4. The molecule has 0 atom stereocenters. The molecule has 0 unspecified atom stereocenters. The Labute approximate surface area is 106 Å². The van der Waals surface area contributed by atoms with Gasteiger partial charge in [-0.05, 0) is 31.5 Å². The van der Waals surface area contributed by atoms with E-state index in [1.54, 1.807) is 12.5 Å². The second-order valence-electron chi connectivity index (χ2n) is 4.57. The monoisotopic (exact) mass is 243 g/mol. The Kier molecular flexibility index (Phi) is 2.84. The maximum absolute atomic E-state index is 5.70. The van der Waals surface area contributed by atoms with Crippen molar-refractivity contribution in [3.05, 3.63) is 35.8 Å². The van der Waals surface area contributed by atoms with Crippen molar-refractivity contribution in [1.29, 1.82) is 0 Å². The molecule has 18 heavy (non-hydrogen) atoms. The lowest BCUT2D eigenvalue weighted by Gasteiger charge is -2.08. The first-order valence-corrected chi connectivity index (χ1v) is 6.45. The topological polar surface area (TPSA) is 52.3 Å². The van der Waals surface area contributed by atoms with E-state index in [2.05, 4.69) is 6.92 Å². The molecule has 3 nitrogen and oxygen atoms in total. The SMILES string of the molecule is CCCc1c2ccoc2c(CCN)c2ccoc12. The maximum Gasteiger partial charge on any atom is 0.138 e. The minimum atomic E-state index is 0.614. The van der Waals surface area contributed by atoms with Gasteiger partial charge in [0.25, 0.3) is 0 Å². The van der Waals surface area contributed by atoms with Gasteiger partial charge in [0.05, 0.1) is 12.5 Å². The fourth-order valence-electron chi connectivity index (χ4n) is 2.70. The van der Waals surface area contributed by atoms with Crippen LogP contribution in [0, 0.1) is 0 Å². The van der Waals surface area contributed by atoms with Crippen molar-refractivity contribution >= 4 is 21.9 Å². The van der Waals surface area contributed by atoms with Crippen LogP contribution in [0.2, 0.25) is 0 Å². The van der Waals surface area contributed by atoms with E-state index in [1.165, 1.54) is 16.5 Å². The molecule has 1 aromatic carbocycles. The number of nitrogens with two attached hydrogens (primary N) is 1. The normalized spacial score (nSPS) is 11.7. The fourth-order valence-corrected chi connectivity index (χ4v) is 2.70. The summed E-state index contributed by atoms with van der Waals surface area (Å²) >= 11 is 0. The zero-order valence-electron chi connectivity index (χ0n) is 10.5. The van der Waals surface area contributed by atoms with Gasteiger partial charge in [0.15, 0.2) is 0 Å². The smallest absolute Gasteiger partial charge is 0.138 e. The summed E-state index contributed by atoms with van der Waals surface area (Å²) in [5.41, 5.74) is 10.1. The van der Waals surface area contributed by atoms with Crippen molar-refractivity contribution in [2.75, 3.05) is 6.54 Å². The molecule has 0 bridgehead atoms. The van der Waals surface area contributed by atoms with E-state index >= 15 is 0 Å². The van der Waals surface area contributed by atoms with E-state index < -0.39 is 0 Å². The fraction of sp³-hybridized carbons (Fsp3) is 0.333. The highest BCUT2D eigenvalue weighted by Crippen LogP contribution is 2.35. The average Bonchev–Trinajstić information content (AvgIpc) is 3.01. The van der Waals surface area contributed by atoms with Crippen LogP contribution >= 0.6 is 0 Å². The van der Waals surface area contributed by atoms with Crippen LogP contribution in [0.4, 0.5) is 0 Å². The minimum Gasteiger partial charge on any atom is -0.464 e. The zero-order valence-corrected chi connectivity index (χ0v) is 10.5. The van der Waals surface area contributed by atoms with Gasteiger partial charge in [-0.2, -0.15) is 0 Å². The number of rotatable bonds is 4. The van der Waals surface area contributed by atoms with Crippen molar-refractivity contribution in [1.82, 2.24) is 0 Å². The summed E-state index contributed by atoms with van der Waals surface area (Å²) in [7, 11) is 0. The van der Waals surface area contributed by atoms with Crippen LogP contribution in [0.3, 0.4) is 0 Å². The summed E-state index contributed by atoms with van der Waals surface area (Å²) in [5.74, 6) is 0. The van der Waals surface area contributed by atoms with Gasteiger partial charge in [-0.25, -0.2) is 0 Å². The van der Waals surface area contributed by atoms with E-state index in [-0.39, 0.29) is 0 Å². The largest absolute Gasteiger partial charge is 0.464 e. The van der Waals surface area contributed by atoms with Crippen molar-refractivity contribution in [3.63, 3.8) is 0 Å². The maximum atomic E-state index is 5.70. The molecule has 3 aromatic rings. The third kappa shape index (κ3) is 1.55. The van der Waals surface area contributed by atoms with Crippen molar-refractivity contribution < 1.29 is 8.83 Å². The molecule has 2 aromatic heterocycles. The number of furan rings is 2. The summed E-state index contributed by atoms with van der Waals surface area (Å²) in [6.45, 7) is 2.79. The standard InChI is InChI=1S/C15H17NO2/c1-2-3-10-12-5-8-18-15(12)11(4-7-16)13-6-9-17-14(10)13/h5-6,8-9H,2-4,7,16H2,1H3. The Hall–Kier alpha value is -1.74. The van der Waals surface area contributed by atoms with Crippen LogP contribution in [0.5, 0.6) is 0 Å². The van der Waals surface area contributed by atoms with E-state index in [4.69, 9.17) is 14.6 Å². The second kappa shape index (κ2) is 4.50. The van der Waals surface area contributed by atoms with Crippen LogP contribution in [0.1, 0.15) is 24.5 Å². The Morgan fingerprint density at radius 2 is 1.50 bits per heavy atom. The van der Waals surface area contributed by atoms with Gasteiger partial charge in [0.2, 0.25) is 0 Å². The number of benzene rings is 1. The van der Waals surface area contributed by atoms with Gasteiger partial charge in [0, 0.05) is 21.9 Å². The van der Waals surface area contributed by atoms with E-state index in [1.807, 2.05) is 12.1 Å². The predicted octanol–water partition coefficient (Wildman–Crippen LogP) is 3.63. The molecule has 0 spiro atoms. The van der Waals surface area contributed by atoms with Crippen molar-refractivity contribution in [3.8, 4) is 0 Å². The molecule has 2 N–H and O–H groups in total. The van der Waals surface area contributed by atoms with Gasteiger partial charge in [-0.1, -0.05) is 13.3 Å². The highest BCUT2D eigenvalue weighted by atomic mass is 16.3. The lowest BCUT2D eigenvalue weighted by molar-refractivity contribution is 0.605. The molecule has 94 valence electrons. The summed E-state index contributed by atoms with van der Waals surface area (Å²) in [6.07, 6.45) is 6.41. The summed E-state index contributed by atoms with van der Waals surface area (Å²) < 4.78 is 11.4. The molecular formula is C15H17NO2. The van der Waals surface area contributed by atoms with Crippen LogP contribution in [-0.2, 0) is 12.8 Å². The third-order valence-electron chi connectivity index (χ3n) is 3.42. The molecule has 0 aliphatic rings. The third-order valence-corrected chi connectivity index (χ3v) is 3.42. The van der Waals surface area contributed by atoms with Crippen molar-refractivity contribution in [2.45, 2.75) is 26.2 Å². The van der Waals surface area contributed by atoms with E-state index in [0.29, 0.717) is 6.54 Å². The summed E-state index contributed by atoms with van der Waals surface area (Å²) in [5, 5.41) is 2.31. The minimum absolute atomic E-state index is 0.614. The number of fused-ring (bicyclic) bond motifs is 2. The molecule has 3 heteroatoms. The quantitative estimate of drug-likeness (QED) is 0.761. The van der Waals surface area contributed by atoms with Gasteiger partial charge < -0.3 is 14.6 Å². The summed E-state index contributed by atoms with van der Waals surface area (Å²) in [6, 6.07) is 4.05. The Bertz CT molecular complexity index is 571. The number of hydrogen-bond acceptors (Lipinski definition) is 3. The predicted molar refractivity (Wildman–Crippen MR) is 72.7 cm³/mol. The highest BCUT2D eigenvalue weighted by Gasteiger charge is 2.17. The van der Waals surface area contributed by atoms with Gasteiger partial charge in [-0.3, -0.25) is 0 Å². The van der Waals surface area contributed by atoms with Crippen molar-refractivity contribution in [2.24, 2.45) is 5.73 Å². The lowest BCUT2D eigenvalue weighted by Crippen LogP contribution is -2.04. The van der Waals surface area contributed by atoms with Gasteiger partial charge in [-0.15, -0.1) is 0 Å². The molecule has 0 aliphatic carbocycles. The first-order valence-electron chi connectivity index (χ1n) is 6.45. The van der Waals surface area contributed by atoms with Crippen LogP contribution in [-0.4, -0.2) is 6.54 Å². The van der Waals surface area contributed by atoms with E-state index in [0.717, 1.165) is 35.8 Å². The Morgan fingerprint density at radius 1 is 0.944 bits per heavy atom. The average molecular weight is 243 g/mol. The molecule has 0 amide bonds. The second-order valence-corrected chi connectivity index (χ2v) is 4.57. The Balaban J connectivity index is 2.40. The van der Waals surface area contributed by atoms with Gasteiger partial charge in [0.1, 0.15) is 11.2 Å². The molecule has 0 saturated heterocycles. The highest BCUT2D eigenvalue weighted by molar-refractivity contribution is 6.01. The first-order chi connectivity index (χ1) is 8.86. The molecule has 0 fully saturated rings. The van der Waals surface area contributed by atoms with Crippen LogP contribution in [0.25, 0.3) is 21.9 Å². The molecule has 3 rings (SSSR count). The van der Waals surface area contributed by atoms with Crippen LogP contribution in [0.15, 0.2) is 33.5 Å². The molecule has 0 aliphatic heterocycles. The molecule has 0 saturated carbocycles. The zero-order chi connectivity index (χ0) is 12.5. The molecular weight excluding hydrogens is 226 g/mol. The van der Waals surface area contributed by atoms with E-state index in [9.17, 15) is 0 Å². The van der Waals surface area contributed by atoms with Gasteiger partial charge >= 0.3 is 0 Å². The molecule has 2 heterocycles. The Morgan fingerprint density at radius 3 is 2.00 bits per heavy atom. The number of hydrogen-bond donors (Lipinski definition) is 1. The lowest BCUT2D eigenvalue weighted by atomic mass is 9.97. The number of aryl methyl sites for hydroxylation is 1. The summed E-state index contributed by atoms with van der Waals surface area (Å²) in [4.78, 5) is 0.